The number of terminal acetylenes is 1. The smallest absolute Gasteiger partial charge is 0.209 e. The van der Waals surface area contributed by atoms with Gasteiger partial charge in [0.1, 0.15) is 12.4 Å². The number of halogens is 1. The van der Waals surface area contributed by atoms with Crippen molar-refractivity contribution in [2.75, 3.05) is 13.3 Å². The Hall–Kier alpha value is -1.22. The van der Waals surface area contributed by atoms with Gasteiger partial charge in [-0.25, -0.2) is 0 Å². The summed E-state index contributed by atoms with van der Waals surface area (Å²) in [5.74, 6) is 2.53. The molecule has 0 fully saturated rings. The quantitative estimate of drug-likeness (QED) is 0.189. The summed E-state index contributed by atoms with van der Waals surface area (Å²) in [6, 6.07) is 0. The van der Waals surface area contributed by atoms with Crippen LogP contribution in [0.2, 0.25) is 0 Å². The molecule has 0 spiro atoms. The number of nitrogens with one attached hydrogen (secondary N) is 1. The molecule has 0 saturated heterocycles. The summed E-state index contributed by atoms with van der Waals surface area (Å²) in [6.07, 6.45) is 11.3. The first-order chi connectivity index (χ1) is 8.50. The number of quaternary nitrogens is 1. The molecule has 2 unspecified atom stereocenters. The Labute approximate surface area is 121 Å². The summed E-state index contributed by atoms with van der Waals surface area (Å²) >= 11 is 0. The van der Waals surface area contributed by atoms with Crippen LogP contribution in [0.5, 0.6) is 0 Å². The third kappa shape index (κ3) is 5.11. The van der Waals surface area contributed by atoms with E-state index < -0.39 is 0 Å². The van der Waals surface area contributed by atoms with Gasteiger partial charge in [0.2, 0.25) is 6.17 Å². The molecule has 108 valence electrons. The first kappa shape index (κ1) is 17.8. The second-order valence-electron chi connectivity index (χ2n) is 5.18. The number of oxime groups is 1. The zero-order valence-electron chi connectivity index (χ0n) is 11.6. The molecule has 0 amide bonds. The maximum absolute atomic E-state index is 8.77. The number of hydrogen-bond donors (Lipinski definition) is 2. The maximum atomic E-state index is 8.77. The van der Waals surface area contributed by atoms with E-state index >= 15 is 0 Å². The van der Waals surface area contributed by atoms with Crippen molar-refractivity contribution in [3.8, 4) is 12.3 Å². The highest BCUT2D eigenvalue weighted by molar-refractivity contribution is 5.62. The van der Waals surface area contributed by atoms with Gasteiger partial charge >= 0.3 is 0 Å². The lowest BCUT2D eigenvalue weighted by Gasteiger charge is -2.35. The van der Waals surface area contributed by atoms with Crippen LogP contribution in [0.3, 0.4) is 0 Å². The lowest BCUT2D eigenvalue weighted by atomic mass is 10.1. The van der Waals surface area contributed by atoms with Crippen LogP contribution >= 0.6 is 0 Å². The van der Waals surface area contributed by atoms with Crippen LogP contribution in [0.25, 0.3) is 0 Å². The molecule has 2 N–H and O–H groups in total. The van der Waals surface area contributed by atoms with Crippen molar-refractivity contribution in [3.63, 3.8) is 0 Å². The first-order valence-electron chi connectivity index (χ1n) is 6.02. The van der Waals surface area contributed by atoms with Gasteiger partial charge in [0.25, 0.3) is 0 Å². The fourth-order valence-electron chi connectivity index (χ4n) is 1.87. The number of rotatable bonds is 5. The van der Waals surface area contributed by atoms with Gasteiger partial charge in [0, 0.05) is 12.0 Å². The minimum absolute atomic E-state index is 0. The highest BCUT2D eigenvalue weighted by Gasteiger charge is 2.36. The third-order valence-corrected chi connectivity index (χ3v) is 2.77. The maximum Gasteiger partial charge on any atom is 0.209 e. The summed E-state index contributed by atoms with van der Waals surface area (Å²) in [5.41, 5.74) is -0.0388. The molecule has 1 rings (SSSR count). The predicted octanol–water partition coefficient (Wildman–Crippen LogP) is -2.76. The Balaban J connectivity index is 0.00000324. The van der Waals surface area contributed by atoms with E-state index in [2.05, 4.69) is 36.7 Å². The van der Waals surface area contributed by atoms with Gasteiger partial charge < -0.3 is 27.3 Å². The SMILES string of the molecule is C#CCCOC[NH+]1C=CN(C(C)(C)C)C1/C=N\O.[Cl-]. The van der Waals surface area contributed by atoms with Crippen LogP contribution in [0.15, 0.2) is 17.6 Å². The zero-order chi connectivity index (χ0) is 13.6. The minimum Gasteiger partial charge on any atom is -1.00 e. The molecule has 1 heterocycles. The Morgan fingerprint density at radius 3 is 2.79 bits per heavy atom. The van der Waals surface area contributed by atoms with Crippen molar-refractivity contribution < 1.29 is 27.3 Å². The van der Waals surface area contributed by atoms with Gasteiger partial charge in [0.15, 0.2) is 6.73 Å². The Bertz CT molecular complexity index is 358. The van der Waals surface area contributed by atoms with E-state index in [1.165, 1.54) is 6.21 Å². The summed E-state index contributed by atoms with van der Waals surface area (Å²) in [7, 11) is 0. The van der Waals surface area contributed by atoms with Crippen molar-refractivity contribution in [1.29, 1.82) is 0 Å². The van der Waals surface area contributed by atoms with Crippen molar-refractivity contribution in [2.45, 2.75) is 38.9 Å². The summed E-state index contributed by atoms with van der Waals surface area (Å²) in [5, 5.41) is 11.9. The fourth-order valence-corrected chi connectivity index (χ4v) is 1.87. The molecule has 5 nitrogen and oxygen atoms in total. The Kier molecular flexibility index (Phi) is 7.53. The van der Waals surface area contributed by atoms with Gasteiger partial charge in [-0.05, 0) is 20.8 Å². The highest BCUT2D eigenvalue weighted by atomic mass is 35.5. The molecule has 0 radical (unpaired) electrons. The molecular formula is C13H22ClN3O2. The minimum atomic E-state index is -0.0548. The third-order valence-electron chi connectivity index (χ3n) is 2.77. The standard InChI is InChI=1S/C13H21N3O2.ClH/c1-5-6-9-18-11-15-7-8-16(13(2,3)4)12(15)10-14-17;/h1,7-8,10,12,17H,6,9,11H2,2-4H3;1H/b14-10-;. The monoisotopic (exact) mass is 287 g/mol. The lowest BCUT2D eigenvalue weighted by Crippen LogP contribution is -3.12. The zero-order valence-corrected chi connectivity index (χ0v) is 12.4. The molecule has 19 heavy (non-hydrogen) atoms. The van der Waals surface area contributed by atoms with Crippen molar-refractivity contribution in [1.82, 2.24) is 4.90 Å². The molecule has 2 atom stereocenters. The van der Waals surface area contributed by atoms with Crippen molar-refractivity contribution in [2.24, 2.45) is 5.16 Å². The second-order valence-corrected chi connectivity index (χ2v) is 5.18. The van der Waals surface area contributed by atoms with E-state index in [0.29, 0.717) is 19.8 Å². The van der Waals surface area contributed by atoms with Crippen molar-refractivity contribution >= 4 is 6.21 Å². The van der Waals surface area contributed by atoms with Crippen molar-refractivity contribution in [3.05, 3.63) is 12.4 Å². The molecule has 0 saturated carbocycles. The molecular weight excluding hydrogens is 266 g/mol. The normalized spacial score (nSPS) is 22.5. The topological polar surface area (TPSA) is 49.5 Å². The summed E-state index contributed by atoms with van der Waals surface area (Å²) < 4.78 is 5.49. The van der Waals surface area contributed by atoms with Gasteiger partial charge in [-0.15, -0.1) is 12.3 Å². The molecule has 0 aromatic heterocycles. The second kappa shape index (κ2) is 8.05. The van der Waals surface area contributed by atoms with E-state index in [1.54, 1.807) is 0 Å². The van der Waals surface area contributed by atoms with Crippen LogP contribution in [0.4, 0.5) is 0 Å². The van der Waals surface area contributed by atoms with E-state index in [0.717, 1.165) is 4.90 Å². The molecule has 0 aromatic rings. The number of ether oxygens (including phenoxy) is 1. The van der Waals surface area contributed by atoms with Crippen LogP contribution in [-0.4, -0.2) is 41.4 Å². The van der Waals surface area contributed by atoms with Crippen LogP contribution in [0, 0.1) is 12.3 Å². The largest absolute Gasteiger partial charge is 1.00 e. The fraction of sp³-hybridized carbons (Fsp3) is 0.615. The average Bonchev–Trinajstić information content (AvgIpc) is 2.68. The van der Waals surface area contributed by atoms with Gasteiger partial charge in [-0.1, -0.05) is 5.16 Å². The molecule has 6 heteroatoms. The molecule has 0 aromatic carbocycles. The van der Waals surface area contributed by atoms with E-state index in [1.807, 2.05) is 12.4 Å². The predicted molar refractivity (Wildman–Crippen MR) is 70.0 cm³/mol. The van der Waals surface area contributed by atoms with E-state index in [9.17, 15) is 0 Å². The number of hydrogen-bond acceptors (Lipinski definition) is 4. The Morgan fingerprint density at radius 1 is 1.58 bits per heavy atom. The van der Waals surface area contributed by atoms with Gasteiger partial charge in [-0.3, -0.25) is 4.90 Å². The number of nitrogens with zero attached hydrogens (tertiary/aromatic N) is 2. The molecule has 0 bridgehead atoms. The Morgan fingerprint density at radius 2 is 2.26 bits per heavy atom. The lowest BCUT2D eigenvalue weighted by molar-refractivity contribution is -0.887. The average molecular weight is 288 g/mol. The summed E-state index contributed by atoms with van der Waals surface area (Å²) in [6.45, 7) is 7.38. The molecule has 1 aliphatic heterocycles. The van der Waals surface area contributed by atoms with Crippen LogP contribution in [-0.2, 0) is 4.74 Å². The van der Waals surface area contributed by atoms with E-state index in [-0.39, 0.29) is 24.1 Å². The molecule has 1 aliphatic rings. The van der Waals surface area contributed by atoms with Gasteiger partial charge in [-0.2, -0.15) is 0 Å². The molecule has 0 aliphatic carbocycles. The highest BCUT2D eigenvalue weighted by Crippen LogP contribution is 2.16. The van der Waals surface area contributed by atoms with Crippen LogP contribution < -0.4 is 17.3 Å². The summed E-state index contributed by atoms with van der Waals surface area (Å²) in [4.78, 5) is 3.20. The van der Waals surface area contributed by atoms with Gasteiger partial charge in [0.05, 0.1) is 12.8 Å². The van der Waals surface area contributed by atoms with E-state index in [4.69, 9.17) is 16.4 Å². The first-order valence-corrected chi connectivity index (χ1v) is 6.02. The van der Waals surface area contributed by atoms with Crippen LogP contribution in [0.1, 0.15) is 27.2 Å².